The van der Waals surface area contributed by atoms with Gasteiger partial charge in [0.25, 0.3) is 5.91 Å². The highest BCUT2D eigenvalue weighted by molar-refractivity contribution is 7.13. The van der Waals surface area contributed by atoms with E-state index in [9.17, 15) is 4.79 Å². The number of aromatic nitrogens is 2. The number of pyridine rings is 1. The molecule has 3 rings (SSSR count). The summed E-state index contributed by atoms with van der Waals surface area (Å²) >= 11 is 1.44. The van der Waals surface area contributed by atoms with Crippen LogP contribution < -0.4 is 5.32 Å². The number of rotatable bonds is 3. The molecule has 1 aliphatic carbocycles. The van der Waals surface area contributed by atoms with Gasteiger partial charge in [-0.15, -0.1) is 11.3 Å². The lowest BCUT2D eigenvalue weighted by molar-refractivity contribution is 0.0947. The van der Waals surface area contributed by atoms with Crippen molar-refractivity contribution in [2.75, 3.05) is 0 Å². The summed E-state index contributed by atoms with van der Waals surface area (Å²) in [6.45, 7) is 0. The van der Waals surface area contributed by atoms with Crippen LogP contribution in [0.5, 0.6) is 0 Å². The van der Waals surface area contributed by atoms with Crippen LogP contribution in [0.4, 0.5) is 0 Å². The van der Waals surface area contributed by atoms with Crippen molar-refractivity contribution in [2.45, 2.75) is 18.9 Å². The molecule has 2 aromatic rings. The van der Waals surface area contributed by atoms with Gasteiger partial charge in [-0.05, 0) is 25.0 Å². The summed E-state index contributed by atoms with van der Waals surface area (Å²) in [5, 5.41) is 5.48. The molecule has 1 saturated carbocycles. The SMILES string of the molecule is O=C(NC1CC1)c1csc(-c2ccccn2)n1. The highest BCUT2D eigenvalue weighted by atomic mass is 32.1. The molecule has 0 spiro atoms. The fraction of sp³-hybridized carbons (Fsp3) is 0.250. The van der Waals surface area contributed by atoms with E-state index in [2.05, 4.69) is 15.3 Å². The summed E-state index contributed by atoms with van der Waals surface area (Å²) < 4.78 is 0. The first-order chi connectivity index (χ1) is 8.33. The van der Waals surface area contributed by atoms with E-state index in [4.69, 9.17) is 0 Å². The Hall–Kier alpha value is -1.75. The van der Waals surface area contributed by atoms with Crippen molar-refractivity contribution >= 4 is 17.2 Å². The second kappa shape index (κ2) is 4.25. The number of carbonyl (C=O) groups excluding carboxylic acids is 1. The normalized spacial score (nSPS) is 14.6. The molecule has 1 aliphatic rings. The maximum absolute atomic E-state index is 11.8. The van der Waals surface area contributed by atoms with Gasteiger partial charge in [0.05, 0.1) is 5.69 Å². The van der Waals surface area contributed by atoms with Crippen LogP contribution >= 0.6 is 11.3 Å². The first kappa shape index (κ1) is 10.4. The molecule has 0 aromatic carbocycles. The van der Waals surface area contributed by atoms with Crippen LogP contribution in [0.1, 0.15) is 23.3 Å². The predicted octanol–water partition coefficient (Wildman–Crippen LogP) is 2.10. The van der Waals surface area contributed by atoms with Gasteiger partial charge in [0.2, 0.25) is 0 Å². The van der Waals surface area contributed by atoms with Gasteiger partial charge < -0.3 is 5.32 Å². The summed E-state index contributed by atoms with van der Waals surface area (Å²) in [6.07, 6.45) is 3.90. The smallest absolute Gasteiger partial charge is 0.270 e. The first-order valence-electron chi connectivity index (χ1n) is 5.51. The van der Waals surface area contributed by atoms with Crippen LogP contribution in [0.2, 0.25) is 0 Å². The second-order valence-corrected chi connectivity index (χ2v) is 4.86. The molecular weight excluding hydrogens is 234 g/mol. The number of hydrogen-bond acceptors (Lipinski definition) is 4. The number of nitrogens with zero attached hydrogens (tertiary/aromatic N) is 2. The van der Waals surface area contributed by atoms with E-state index in [-0.39, 0.29) is 5.91 Å². The Morgan fingerprint density at radius 1 is 1.41 bits per heavy atom. The fourth-order valence-electron chi connectivity index (χ4n) is 1.47. The minimum Gasteiger partial charge on any atom is -0.348 e. The molecule has 0 bridgehead atoms. The van der Waals surface area contributed by atoms with Crippen molar-refractivity contribution in [1.29, 1.82) is 0 Å². The minimum absolute atomic E-state index is 0.0778. The number of carbonyl (C=O) groups is 1. The van der Waals surface area contributed by atoms with Crippen molar-refractivity contribution in [3.63, 3.8) is 0 Å². The summed E-state index contributed by atoms with van der Waals surface area (Å²) in [7, 11) is 0. The molecule has 2 aromatic heterocycles. The van der Waals surface area contributed by atoms with E-state index in [1.807, 2.05) is 18.2 Å². The fourth-order valence-corrected chi connectivity index (χ4v) is 2.25. The van der Waals surface area contributed by atoms with Gasteiger partial charge in [-0.25, -0.2) is 4.98 Å². The lowest BCUT2D eigenvalue weighted by atomic mass is 10.3. The Bertz CT molecular complexity index is 534. The van der Waals surface area contributed by atoms with Crippen molar-refractivity contribution < 1.29 is 4.79 Å². The van der Waals surface area contributed by atoms with E-state index in [1.54, 1.807) is 11.6 Å². The molecule has 1 amide bonds. The molecular formula is C12H11N3OS. The molecule has 0 aliphatic heterocycles. The maximum atomic E-state index is 11.8. The van der Waals surface area contributed by atoms with E-state index in [1.165, 1.54) is 11.3 Å². The molecule has 0 saturated heterocycles. The zero-order chi connectivity index (χ0) is 11.7. The average molecular weight is 245 g/mol. The van der Waals surface area contributed by atoms with E-state index in [0.717, 1.165) is 23.5 Å². The second-order valence-electron chi connectivity index (χ2n) is 4.00. The number of thiazole rings is 1. The summed E-state index contributed by atoms with van der Waals surface area (Å²) in [5.41, 5.74) is 1.30. The molecule has 5 heteroatoms. The van der Waals surface area contributed by atoms with Gasteiger partial charge in [0.1, 0.15) is 10.7 Å². The lowest BCUT2D eigenvalue weighted by Crippen LogP contribution is -2.25. The largest absolute Gasteiger partial charge is 0.348 e. The number of hydrogen-bond donors (Lipinski definition) is 1. The monoisotopic (exact) mass is 245 g/mol. The van der Waals surface area contributed by atoms with Gasteiger partial charge in [0, 0.05) is 17.6 Å². The molecule has 1 N–H and O–H groups in total. The van der Waals surface area contributed by atoms with Gasteiger partial charge in [-0.1, -0.05) is 6.07 Å². The number of nitrogens with one attached hydrogen (secondary N) is 1. The van der Waals surface area contributed by atoms with Crippen molar-refractivity contribution in [3.8, 4) is 10.7 Å². The maximum Gasteiger partial charge on any atom is 0.270 e. The van der Waals surface area contributed by atoms with Crippen LogP contribution in [0.3, 0.4) is 0 Å². The zero-order valence-corrected chi connectivity index (χ0v) is 9.91. The van der Waals surface area contributed by atoms with Crippen molar-refractivity contribution in [2.24, 2.45) is 0 Å². The molecule has 1 fully saturated rings. The Morgan fingerprint density at radius 3 is 3.00 bits per heavy atom. The highest BCUT2D eigenvalue weighted by Crippen LogP contribution is 2.23. The Morgan fingerprint density at radius 2 is 2.29 bits per heavy atom. The molecule has 4 nitrogen and oxygen atoms in total. The molecule has 86 valence electrons. The minimum atomic E-state index is -0.0778. The third-order valence-corrected chi connectivity index (χ3v) is 3.40. The zero-order valence-electron chi connectivity index (χ0n) is 9.09. The third-order valence-electron chi connectivity index (χ3n) is 2.53. The summed E-state index contributed by atoms with van der Waals surface area (Å²) in [5.74, 6) is -0.0778. The predicted molar refractivity (Wildman–Crippen MR) is 65.8 cm³/mol. The Balaban J connectivity index is 1.80. The van der Waals surface area contributed by atoms with Gasteiger partial charge in [-0.2, -0.15) is 0 Å². The Labute approximate surface area is 103 Å². The third kappa shape index (κ3) is 2.34. The van der Waals surface area contributed by atoms with E-state index < -0.39 is 0 Å². The summed E-state index contributed by atoms with van der Waals surface area (Å²) in [6, 6.07) is 6.02. The highest BCUT2D eigenvalue weighted by Gasteiger charge is 2.24. The lowest BCUT2D eigenvalue weighted by Gasteiger charge is -1.98. The van der Waals surface area contributed by atoms with Crippen LogP contribution in [0.25, 0.3) is 10.7 Å². The van der Waals surface area contributed by atoms with E-state index in [0.29, 0.717) is 11.7 Å². The van der Waals surface area contributed by atoms with E-state index >= 15 is 0 Å². The van der Waals surface area contributed by atoms with Crippen LogP contribution in [0.15, 0.2) is 29.8 Å². The van der Waals surface area contributed by atoms with Crippen molar-refractivity contribution in [3.05, 3.63) is 35.5 Å². The summed E-state index contributed by atoms with van der Waals surface area (Å²) in [4.78, 5) is 20.3. The number of amides is 1. The average Bonchev–Trinajstić information content (AvgIpc) is 3.04. The molecule has 2 heterocycles. The molecule has 17 heavy (non-hydrogen) atoms. The standard InChI is InChI=1S/C12H11N3OS/c16-11(14-8-4-5-8)10-7-17-12(15-10)9-3-1-2-6-13-9/h1-3,6-8H,4-5H2,(H,14,16). The molecule has 0 unspecified atom stereocenters. The molecule has 0 atom stereocenters. The first-order valence-corrected chi connectivity index (χ1v) is 6.39. The van der Waals surface area contributed by atoms with Gasteiger partial charge in [-0.3, -0.25) is 9.78 Å². The van der Waals surface area contributed by atoms with Gasteiger partial charge >= 0.3 is 0 Å². The Kier molecular flexibility index (Phi) is 2.60. The van der Waals surface area contributed by atoms with Gasteiger partial charge in [0.15, 0.2) is 0 Å². The van der Waals surface area contributed by atoms with Crippen LogP contribution in [-0.2, 0) is 0 Å². The van der Waals surface area contributed by atoms with Crippen LogP contribution in [0, 0.1) is 0 Å². The molecule has 0 radical (unpaired) electrons. The quantitative estimate of drug-likeness (QED) is 0.901. The van der Waals surface area contributed by atoms with Crippen molar-refractivity contribution in [1.82, 2.24) is 15.3 Å². The topological polar surface area (TPSA) is 54.9 Å². The van der Waals surface area contributed by atoms with Crippen LogP contribution in [-0.4, -0.2) is 21.9 Å².